The average molecular weight is 347 g/mol. The Morgan fingerprint density at radius 1 is 1.08 bits per heavy atom. The van der Waals surface area contributed by atoms with Gasteiger partial charge in [-0.15, -0.1) is 0 Å². The summed E-state index contributed by atoms with van der Waals surface area (Å²) >= 11 is 0. The van der Waals surface area contributed by atoms with Crippen LogP contribution in [0.15, 0.2) is 24.3 Å². The number of rotatable bonds is 3. The molecule has 0 spiro atoms. The number of carboxylic acids is 2. The molecule has 0 saturated heterocycles. The second kappa shape index (κ2) is 9.22. The third kappa shape index (κ3) is 5.90. The van der Waals surface area contributed by atoms with E-state index in [1.165, 1.54) is 36.0 Å². The number of aryl methyl sites for hydroxylation is 1. The zero-order valence-electron chi connectivity index (χ0n) is 14.5. The van der Waals surface area contributed by atoms with Crippen molar-refractivity contribution < 1.29 is 24.5 Å². The summed E-state index contributed by atoms with van der Waals surface area (Å²) in [5.41, 5.74) is 4.45. The lowest BCUT2D eigenvalue weighted by atomic mass is 9.94. The zero-order chi connectivity index (χ0) is 18.2. The Morgan fingerprint density at radius 2 is 1.68 bits per heavy atom. The fraction of sp³-hybridized carbons (Fsp3) is 0.474. The minimum atomic E-state index is -1.26. The number of hydrogen-bond donors (Lipinski definition) is 3. The van der Waals surface area contributed by atoms with E-state index >= 15 is 0 Å². The molecule has 2 heterocycles. The molecule has 25 heavy (non-hydrogen) atoms. The summed E-state index contributed by atoms with van der Waals surface area (Å²) in [5.74, 6) is -1.36. The summed E-state index contributed by atoms with van der Waals surface area (Å²) < 4.78 is 6.07. The molecule has 1 aromatic rings. The van der Waals surface area contributed by atoms with E-state index < -0.39 is 11.9 Å². The fourth-order valence-electron chi connectivity index (χ4n) is 3.04. The summed E-state index contributed by atoms with van der Waals surface area (Å²) in [4.78, 5) is 19.1. The van der Waals surface area contributed by atoms with E-state index in [1.54, 1.807) is 0 Å². The minimum Gasteiger partial charge on any atom is -0.490 e. The molecular weight excluding hydrogens is 322 g/mol. The van der Waals surface area contributed by atoms with Gasteiger partial charge in [0.05, 0.1) is 6.10 Å². The van der Waals surface area contributed by atoms with Gasteiger partial charge in [-0.25, -0.2) is 9.59 Å². The third-order valence-corrected chi connectivity index (χ3v) is 4.38. The van der Waals surface area contributed by atoms with Crippen LogP contribution in [0.4, 0.5) is 0 Å². The van der Waals surface area contributed by atoms with Crippen molar-refractivity contribution in [2.24, 2.45) is 0 Å². The van der Waals surface area contributed by atoms with Crippen LogP contribution in [-0.2, 0) is 28.9 Å². The molecule has 6 nitrogen and oxygen atoms in total. The molecule has 3 rings (SSSR count). The fourth-order valence-corrected chi connectivity index (χ4v) is 3.04. The molecule has 0 aliphatic carbocycles. The molecule has 1 atom stereocenters. The van der Waals surface area contributed by atoms with Gasteiger partial charge in [0.15, 0.2) is 0 Å². The van der Waals surface area contributed by atoms with Gasteiger partial charge in [0.2, 0.25) is 0 Å². The number of nitrogens with one attached hydrogen (secondary N) is 1. The average Bonchev–Trinajstić information content (AvgIpc) is 2.82. The lowest BCUT2D eigenvalue weighted by molar-refractivity contribution is -0.134. The van der Waals surface area contributed by atoms with Crippen molar-refractivity contribution >= 4 is 11.9 Å². The van der Waals surface area contributed by atoms with Crippen LogP contribution in [0, 0.1) is 0 Å². The molecule has 3 N–H and O–H groups in total. The summed E-state index contributed by atoms with van der Waals surface area (Å²) in [5, 5.41) is 19.1. The summed E-state index contributed by atoms with van der Waals surface area (Å²) in [7, 11) is 0. The topological polar surface area (TPSA) is 95.9 Å². The number of ether oxygens (including phenoxy) is 1. The van der Waals surface area contributed by atoms with Crippen molar-refractivity contribution in [1.29, 1.82) is 0 Å². The van der Waals surface area contributed by atoms with Gasteiger partial charge in [-0.2, -0.15) is 0 Å². The molecule has 6 heteroatoms. The van der Waals surface area contributed by atoms with E-state index in [0.717, 1.165) is 31.7 Å². The standard InChI is InChI=1S/C15H21NO.C4H4O4/c1-2-14-4-3-13-9-11-5-7-16-8-6-12(11)10-15(13)17-14;5-3(6)1-2-4(7)8/h9-10,14,16H,2-8H2,1H3;1-2H,(H,5,6)(H,7,8)/b;2-1+. The number of hydrogen-bond acceptors (Lipinski definition) is 4. The largest absolute Gasteiger partial charge is 0.490 e. The van der Waals surface area contributed by atoms with Gasteiger partial charge in [0, 0.05) is 12.2 Å². The Balaban J connectivity index is 0.000000242. The maximum absolute atomic E-state index is 9.55. The number of fused-ring (bicyclic) bond motifs is 2. The maximum atomic E-state index is 9.55. The Kier molecular flexibility index (Phi) is 7.01. The molecular formula is C19H25NO5. The van der Waals surface area contributed by atoms with Gasteiger partial charge in [0.1, 0.15) is 5.75 Å². The maximum Gasteiger partial charge on any atom is 0.328 e. The van der Waals surface area contributed by atoms with Crippen LogP contribution in [0.2, 0.25) is 0 Å². The molecule has 0 radical (unpaired) electrons. The highest BCUT2D eigenvalue weighted by atomic mass is 16.5. The summed E-state index contributed by atoms with van der Waals surface area (Å²) in [6.07, 6.45) is 7.35. The number of carbonyl (C=O) groups is 2. The number of benzene rings is 1. The smallest absolute Gasteiger partial charge is 0.328 e. The SMILES string of the molecule is CCC1CCc2cc3c(cc2O1)CCNCC3.O=C(O)/C=C/C(=O)O. The Bertz CT molecular complexity index is 637. The molecule has 0 bridgehead atoms. The highest BCUT2D eigenvalue weighted by Gasteiger charge is 2.20. The van der Waals surface area contributed by atoms with Crippen LogP contribution in [-0.4, -0.2) is 41.3 Å². The minimum absolute atomic E-state index is 0.435. The lowest BCUT2D eigenvalue weighted by Crippen LogP contribution is -2.22. The van der Waals surface area contributed by atoms with Crippen molar-refractivity contribution in [2.75, 3.05) is 13.1 Å². The van der Waals surface area contributed by atoms with Crippen molar-refractivity contribution in [2.45, 2.75) is 45.1 Å². The predicted octanol–water partition coefficient (Wildman–Crippen LogP) is 2.19. The van der Waals surface area contributed by atoms with Crippen LogP contribution < -0.4 is 10.1 Å². The summed E-state index contributed by atoms with van der Waals surface area (Å²) in [6.45, 7) is 4.43. The van der Waals surface area contributed by atoms with Gasteiger partial charge in [-0.1, -0.05) is 13.0 Å². The number of carboxylic acid groups (broad SMARTS) is 2. The molecule has 136 valence electrons. The van der Waals surface area contributed by atoms with Gasteiger partial charge in [-0.3, -0.25) is 0 Å². The highest BCUT2D eigenvalue weighted by molar-refractivity contribution is 5.89. The van der Waals surface area contributed by atoms with Gasteiger partial charge < -0.3 is 20.3 Å². The van der Waals surface area contributed by atoms with E-state index in [2.05, 4.69) is 24.4 Å². The van der Waals surface area contributed by atoms with Crippen LogP contribution in [0.3, 0.4) is 0 Å². The van der Waals surface area contributed by atoms with Crippen molar-refractivity contribution in [3.8, 4) is 5.75 Å². The first-order valence-corrected chi connectivity index (χ1v) is 8.65. The predicted molar refractivity (Wildman–Crippen MR) is 94.2 cm³/mol. The van der Waals surface area contributed by atoms with E-state index in [0.29, 0.717) is 18.3 Å². The second-order valence-corrected chi connectivity index (χ2v) is 6.18. The normalized spacial score (nSPS) is 18.8. The Labute approximate surface area is 147 Å². The second-order valence-electron chi connectivity index (χ2n) is 6.18. The van der Waals surface area contributed by atoms with E-state index in [9.17, 15) is 9.59 Å². The third-order valence-electron chi connectivity index (χ3n) is 4.38. The van der Waals surface area contributed by atoms with Crippen LogP contribution in [0.25, 0.3) is 0 Å². The quantitative estimate of drug-likeness (QED) is 0.726. The zero-order valence-corrected chi connectivity index (χ0v) is 14.5. The van der Waals surface area contributed by atoms with Crippen LogP contribution in [0.1, 0.15) is 36.5 Å². The number of aliphatic carboxylic acids is 2. The first-order valence-electron chi connectivity index (χ1n) is 8.65. The molecule has 2 aliphatic heterocycles. The Hall–Kier alpha value is -2.34. The van der Waals surface area contributed by atoms with E-state index in [1.807, 2.05) is 0 Å². The first kappa shape index (κ1) is 19.0. The Morgan fingerprint density at radius 3 is 2.24 bits per heavy atom. The lowest BCUT2D eigenvalue weighted by Gasteiger charge is -2.26. The van der Waals surface area contributed by atoms with E-state index in [-0.39, 0.29) is 0 Å². The van der Waals surface area contributed by atoms with Gasteiger partial charge in [-0.05, 0) is 68.0 Å². The highest BCUT2D eigenvalue weighted by Crippen LogP contribution is 2.32. The molecule has 1 aromatic carbocycles. The molecule has 2 aliphatic rings. The van der Waals surface area contributed by atoms with Gasteiger partial charge in [0.25, 0.3) is 0 Å². The summed E-state index contributed by atoms with van der Waals surface area (Å²) in [6, 6.07) is 4.70. The van der Waals surface area contributed by atoms with Crippen LogP contribution in [0.5, 0.6) is 5.75 Å². The molecule has 1 unspecified atom stereocenters. The van der Waals surface area contributed by atoms with Gasteiger partial charge >= 0.3 is 11.9 Å². The van der Waals surface area contributed by atoms with E-state index in [4.69, 9.17) is 14.9 Å². The van der Waals surface area contributed by atoms with Crippen molar-refractivity contribution in [3.05, 3.63) is 41.0 Å². The van der Waals surface area contributed by atoms with Crippen molar-refractivity contribution in [3.63, 3.8) is 0 Å². The van der Waals surface area contributed by atoms with Crippen molar-refractivity contribution in [1.82, 2.24) is 5.32 Å². The molecule has 0 saturated carbocycles. The monoisotopic (exact) mass is 347 g/mol. The molecule has 0 amide bonds. The molecule has 0 aromatic heterocycles. The first-order chi connectivity index (χ1) is 12.0. The van der Waals surface area contributed by atoms with Crippen LogP contribution >= 0.6 is 0 Å². The molecule has 0 fully saturated rings.